The molecule has 0 spiro atoms. The predicted molar refractivity (Wildman–Crippen MR) is 99.9 cm³/mol. The molecule has 1 heterocycles. The summed E-state index contributed by atoms with van der Waals surface area (Å²) in [5, 5.41) is 6.39. The highest BCUT2D eigenvalue weighted by Crippen LogP contribution is 2.13. The second kappa shape index (κ2) is 9.64. The Balaban J connectivity index is 1.74. The number of amides is 2. The van der Waals surface area contributed by atoms with Gasteiger partial charge in [0.25, 0.3) is 5.91 Å². The molecule has 0 unspecified atom stereocenters. The van der Waals surface area contributed by atoms with E-state index in [-0.39, 0.29) is 18.2 Å². The lowest BCUT2D eigenvalue weighted by Crippen LogP contribution is -2.31. The number of benzene rings is 1. The van der Waals surface area contributed by atoms with Crippen molar-refractivity contribution in [1.82, 2.24) is 10.2 Å². The van der Waals surface area contributed by atoms with Crippen molar-refractivity contribution in [2.24, 2.45) is 0 Å². The van der Waals surface area contributed by atoms with Crippen LogP contribution in [-0.4, -0.2) is 36.9 Å². The maximum absolute atomic E-state index is 12.2. The monoisotopic (exact) mass is 358 g/mol. The molecule has 0 saturated carbocycles. The molecule has 5 nitrogen and oxygen atoms in total. The van der Waals surface area contributed by atoms with Gasteiger partial charge in [-0.15, -0.1) is 0 Å². The summed E-state index contributed by atoms with van der Waals surface area (Å²) in [6.45, 7) is 4.91. The minimum atomic E-state index is -0.146. The lowest BCUT2D eigenvalue weighted by atomic mass is 10.2. The molecular formula is C19H22N2O3S. The summed E-state index contributed by atoms with van der Waals surface area (Å²) in [5.41, 5.74) is 1.65. The third-order valence-corrected chi connectivity index (χ3v) is 4.23. The molecule has 1 aromatic carbocycles. The number of nitrogens with one attached hydrogen (secondary N) is 1. The Morgan fingerprint density at radius 1 is 1.28 bits per heavy atom. The number of thiophene rings is 1. The minimum Gasteiger partial charge on any atom is -0.490 e. The van der Waals surface area contributed by atoms with Crippen molar-refractivity contribution in [3.8, 4) is 5.75 Å². The van der Waals surface area contributed by atoms with Crippen LogP contribution in [-0.2, 0) is 11.3 Å². The summed E-state index contributed by atoms with van der Waals surface area (Å²) >= 11 is 1.47. The first-order valence-electron chi connectivity index (χ1n) is 7.97. The van der Waals surface area contributed by atoms with Crippen molar-refractivity contribution < 1.29 is 14.3 Å². The second-order valence-corrected chi connectivity index (χ2v) is 6.29. The van der Waals surface area contributed by atoms with Gasteiger partial charge in [-0.05, 0) is 29.1 Å². The zero-order valence-corrected chi connectivity index (χ0v) is 15.1. The fraction of sp³-hybridized carbons (Fsp3) is 0.263. The Labute approximate surface area is 151 Å². The number of rotatable bonds is 9. The van der Waals surface area contributed by atoms with Gasteiger partial charge in [0.05, 0.1) is 0 Å². The van der Waals surface area contributed by atoms with E-state index < -0.39 is 0 Å². The van der Waals surface area contributed by atoms with E-state index in [9.17, 15) is 9.59 Å². The quantitative estimate of drug-likeness (QED) is 0.701. The Bertz CT molecular complexity index is 696. The first-order chi connectivity index (χ1) is 12.1. The molecule has 0 bridgehead atoms. The van der Waals surface area contributed by atoms with Crippen molar-refractivity contribution in [1.29, 1.82) is 0 Å². The van der Waals surface area contributed by atoms with Crippen molar-refractivity contribution in [2.75, 3.05) is 20.2 Å². The van der Waals surface area contributed by atoms with Gasteiger partial charge in [0.1, 0.15) is 12.4 Å². The van der Waals surface area contributed by atoms with E-state index in [4.69, 9.17) is 4.74 Å². The smallest absolute Gasteiger partial charge is 0.252 e. The highest BCUT2D eigenvalue weighted by atomic mass is 32.1. The molecule has 6 heteroatoms. The molecule has 1 aromatic heterocycles. The van der Waals surface area contributed by atoms with Gasteiger partial charge in [0.2, 0.25) is 5.91 Å². The van der Waals surface area contributed by atoms with Crippen molar-refractivity contribution >= 4 is 23.2 Å². The molecule has 0 saturated heterocycles. The first kappa shape index (κ1) is 18.7. The largest absolute Gasteiger partial charge is 0.490 e. The summed E-state index contributed by atoms with van der Waals surface area (Å²) in [5.74, 6) is 0.609. The molecule has 0 aliphatic heterocycles. The van der Waals surface area contributed by atoms with Crippen LogP contribution in [0, 0.1) is 0 Å². The Kier molecular flexibility index (Phi) is 7.22. The zero-order valence-electron chi connectivity index (χ0n) is 14.2. The lowest BCUT2D eigenvalue weighted by molar-refractivity contribution is -0.130. The van der Waals surface area contributed by atoms with Gasteiger partial charge >= 0.3 is 0 Å². The number of hydrogen-bond acceptors (Lipinski definition) is 4. The fourth-order valence-corrected chi connectivity index (χ4v) is 2.81. The number of nitrogens with zero attached hydrogens (tertiary/aromatic N) is 1. The van der Waals surface area contributed by atoms with Gasteiger partial charge < -0.3 is 15.0 Å². The molecule has 2 aromatic rings. The molecule has 0 aliphatic rings. The Morgan fingerprint density at radius 3 is 2.68 bits per heavy atom. The van der Waals surface area contributed by atoms with Crippen LogP contribution in [0.3, 0.4) is 0 Å². The van der Waals surface area contributed by atoms with Crippen molar-refractivity contribution in [3.05, 3.63) is 64.9 Å². The van der Waals surface area contributed by atoms with E-state index in [0.29, 0.717) is 25.3 Å². The normalized spacial score (nSPS) is 10.1. The molecule has 1 N–H and O–H groups in total. The van der Waals surface area contributed by atoms with E-state index in [2.05, 4.69) is 11.9 Å². The molecule has 2 rings (SSSR count). The molecule has 0 aliphatic carbocycles. The molecule has 0 fully saturated rings. The highest BCUT2D eigenvalue weighted by Gasteiger charge is 2.11. The van der Waals surface area contributed by atoms with Crippen LogP contribution in [0.25, 0.3) is 0 Å². The van der Waals surface area contributed by atoms with E-state index in [1.54, 1.807) is 29.5 Å². The first-order valence-corrected chi connectivity index (χ1v) is 8.91. The van der Waals surface area contributed by atoms with Crippen LogP contribution in [0.1, 0.15) is 22.3 Å². The van der Waals surface area contributed by atoms with Crippen LogP contribution in [0.4, 0.5) is 0 Å². The fourth-order valence-electron chi connectivity index (χ4n) is 2.18. The maximum Gasteiger partial charge on any atom is 0.252 e. The molecule has 25 heavy (non-hydrogen) atoms. The second-order valence-electron chi connectivity index (χ2n) is 5.51. The van der Waals surface area contributed by atoms with Gasteiger partial charge in [-0.2, -0.15) is 11.3 Å². The van der Waals surface area contributed by atoms with Gasteiger partial charge in [-0.3, -0.25) is 9.59 Å². The highest BCUT2D eigenvalue weighted by molar-refractivity contribution is 7.08. The summed E-state index contributed by atoms with van der Waals surface area (Å²) in [4.78, 5) is 25.6. The summed E-state index contributed by atoms with van der Waals surface area (Å²) in [6, 6.07) is 9.37. The maximum atomic E-state index is 12.2. The van der Waals surface area contributed by atoms with Crippen molar-refractivity contribution in [2.45, 2.75) is 13.0 Å². The molecule has 2 amide bonds. The summed E-state index contributed by atoms with van der Waals surface area (Å²) in [7, 11) is 1.76. The minimum absolute atomic E-state index is 0.0161. The predicted octanol–water partition coefficient (Wildman–Crippen LogP) is 3.09. The molecule has 0 radical (unpaired) electrons. The van der Waals surface area contributed by atoms with E-state index >= 15 is 0 Å². The van der Waals surface area contributed by atoms with Gasteiger partial charge in [0.15, 0.2) is 0 Å². The average Bonchev–Trinajstić information content (AvgIpc) is 3.15. The van der Waals surface area contributed by atoms with Crippen LogP contribution in [0.2, 0.25) is 0 Å². The zero-order chi connectivity index (χ0) is 18.1. The Morgan fingerprint density at radius 2 is 2.04 bits per heavy atom. The van der Waals surface area contributed by atoms with Crippen LogP contribution >= 0.6 is 11.3 Å². The Hall–Kier alpha value is -2.60. The standard InChI is InChI=1S/C19H22N2O3S/c1-3-11-24-17-6-4-15(5-7-17)13-21(2)18(22)8-10-20-19(23)16-9-12-25-14-16/h3-7,9,12,14H,1,8,10-11,13H2,2H3,(H,20,23). The summed E-state index contributed by atoms with van der Waals surface area (Å²) in [6.07, 6.45) is 1.96. The van der Waals surface area contributed by atoms with Crippen LogP contribution < -0.4 is 10.1 Å². The van der Waals surface area contributed by atoms with E-state index in [1.807, 2.05) is 29.6 Å². The molecular weight excluding hydrogens is 336 g/mol. The van der Waals surface area contributed by atoms with Gasteiger partial charge in [0, 0.05) is 37.5 Å². The third kappa shape index (κ3) is 6.08. The third-order valence-electron chi connectivity index (χ3n) is 3.54. The molecule has 132 valence electrons. The molecule has 0 atom stereocenters. The van der Waals surface area contributed by atoms with E-state index in [0.717, 1.165) is 11.3 Å². The topological polar surface area (TPSA) is 58.6 Å². The van der Waals surface area contributed by atoms with Gasteiger partial charge in [-0.1, -0.05) is 24.8 Å². The summed E-state index contributed by atoms with van der Waals surface area (Å²) < 4.78 is 5.43. The number of carbonyl (C=O) groups excluding carboxylic acids is 2. The number of ether oxygens (including phenoxy) is 1. The van der Waals surface area contributed by atoms with Crippen LogP contribution in [0.5, 0.6) is 5.75 Å². The van der Waals surface area contributed by atoms with Gasteiger partial charge in [-0.25, -0.2) is 0 Å². The van der Waals surface area contributed by atoms with E-state index in [1.165, 1.54) is 11.3 Å². The number of carbonyl (C=O) groups is 2. The number of hydrogen-bond donors (Lipinski definition) is 1. The van der Waals surface area contributed by atoms with Crippen LogP contribution in [0.15, 0.2) is 53.7 Å². The average molecular weight is 358 g/mol. The SMILES string of the molecule is C=CCOc1ccc(CN(C)C(=O)CCNC(=O)c2ccsc2)cc1. The van der Waals surface area contributed by atoms with Crippen molar-refractivity contribution in [3.63, 3.8) is 0 Å². The lowest BCUT2D eigenvalue weighted by Gasteiger charge is -2.17.